The summed E-state index contributed by atoms with van der Waals surface area (Å²) in [6.45, 7) is 0.638. The van der Waals surface area contributed by atoms with Gasteiger partial charge in [0.15, 0.2) is 0 Å². The number of carbonyl (C=O) groups excluding carboxylic acids is 1. The molecule has 2 N–H and O–H groups in total. The molecule has 1 aromatic carbocycles. The van der Waals surface area contributed by atoms with Crippen molar-refractivity contribution in [3.63, 3.8) is 0 Å². The molecule has 0 spiro atoms. The number of halogens is 1. The van der Waals surface area contributed by atoms with E-state index in [2.05, 4.69) is 5.32 Å². The van der Waals surface area contributed by atoms with Crippen molar-refractivity contribution in [3.8, 4) is 0 Å². The summed E-state index contributed by atoms with van der Waals surface area (Å²) in [5.74, 6) is 0.116. The molecule has 0 saturated heterocycles. The number of nitrogens with one attached hydrogen (secondary N) is 1. The minimum Gasteiger partial charge on any atom is -0.393 e. The van der Waals surface area contributed by atoms with Gasteiger partial charge in [0.25, 0.3) is 0 Å². The van der Waals surface area contributed by atoms with Gasteiger partial charge in [-0.3, -0.25) is 4.79 Å². The summed E-state index contributed by atoms with van der Waals surface area (Å²) in [6.07, 6.45) is 4.48. The fraction of sp³-hybridized carbons (Fsp3) is 0.562. The molecule has 4 heteroatoms. The molecule has 2 unspecified atom stereocenters. The highest BCUT2D eigenvalue weighted by molar-refractivity contribution is 5.76. The third-order valence-electron chi connectivity index (χ3n) is 3.87. The van der Waals surface area contributed by atoms with Gasteiger partial charge in [-0.25, -0.2) is 4.39 Å². The normalized spacial score (nSPS) is 22.5. The minimum absolute atomic E-state index is 0.00526. The summed E-state index contributed by atoms with van der Waals surface area (Å²) in [5.41, 5.74) is 0.841. The number of hydrogen-bond donors (Lipinski definition) is 2. The highest BCUT2D eigenvalue weighted by Crippen LogP contribution is 2.23. The topological polar surface area (TPSA) is 49.3 Å². The van der Waals surface area contributed by atoms with Crippen LogP contribution in [0.2, 0.25) is 0 Å². The third kappa shape index (κ3) is 4.93. The SMILES string of the molecule is O=C(CCc1cccc(F)c1)NCC1CCCC(O)C1. The molecule has 0 heterocycles. The van der Waals surface area contributed by atoms with E-state index in [4.69, 9.17) is 0 Å². The number of aryl methyl sites for hydroxylation is 1. The summed E-state index contributed by atoms with van der Waals surface area (Å²) in [5, 5.41) is 12.5. The van der Waals surface area contributed by atoms with E-state index in [1.165, 1.54) is 12.1 Å². The van der Waals surface area contributed by atoms with Crippen LogP contribution in [0.3, 0.4) is 0 Å². The molecule has 0 aliphatic heterocycles. The first-order valence-electron chi connectivity index (χ1n) is 7.32. The highest BCUT2D eigenvalue weighted by atomic mass is 19.1. The first-order chi connectivity index (χ1) is 9.63. The molecule has 1 aliphatic carbocycles. The quantitative estimate of drug-likeness (QED) is 0.869. The summed E-state index contributed by atoms with van der Waals surface area (Å²) >= 11 is 0. The van der Waals surface area contributed by atoms with Crippen LogP contribution in [0.5, 0.6) is 0 Å². The molecular formula is C16H22FNO2. The summed E-state index contributed by atoms with van der Waals surface area (Å²) in [6, 6.07) is 6.35. The first-order valence-corrected chi connectivity index (χ1v) is 7.32. The van der Waals surface area contributed by atoms with Crippen LogP contribution >= 0.6 is 0 Å². The Labute approximate surface area is 119 Å². The molecule has 1 fully saturated rings. The summed E-state index contributed by atoms with van der Waals surface area (Å²) < 4.78 is 13.0. The zero-order chi connectivity index (χ0) is 14.4. The summed E-state index contributed by atoms with van der Waals surface area (Å²) in [4.78, 5) is 11.8. The van der Waals surface area contributed by atoms with Crippen LogP contribution in [0.4, 0.5) is 4.39 Å². The Morgan fingerprint density at radius 2 is 2.25 bits per heavy atom. The number of benzene rings is 1. The van der Waals surface area contributed by atoms with Crippen molar-refractivity contribution in [2.45, 2.75) is 44.6 Å². The van der Waals surface area contributed by atoms with Gasteiger partial charge in [-0.1, -0.05) is 18.6 Å². The molecule has 2 rings (SSSR count). The monoisotopic (exact) mass is 279 g/mol. The maximum absolute atomic E-state index is 13.0. The van der Waals surface area contributed by atoms with Gasteiger partial charge >= 0.3 is 0 Å². The van der Waals surface area contributed by atoms with E-state index in [-0.39, 0.29) is 17.8 Å². The number of carbonyl (C=O) groups is 1. The molecule has 2 atom stereocenters. The lowest BCUT2D eigenvalue weighted by atomic mass is 9.87. The van der Waals surface area contributed by atoms with Crippen LogP contribution in [-0.2, 0) is 11.2 Å². The Balaban J connectivity index is 1.67. The zero-order valence-electron chi connectivity index (χ0n) is 11.6. The minimum atomic E-state index is -0.265. The predicted molar refractivity (Wildman–Crippen MR) is 75.7 cm³/mol. The Morgan fingerprint density at radius 3 is 3.00 bits per heavy atom. The molecule has 20 heavy (non-hydrogen) atoms. The van der Waals surface area contributed by atoms with Crippen molar-refractivity contribution in [3.05, 3.63) is 35.6 Å². The largest absolute Gasteiger partial charge is 0.393 e. The van der Waals surface area contributed by atoms with Gasteiger partial charge in [0.05, 0.1) is 6.10 Å². The van der Waals surface area contributed by atoms with Crippen LogP contribution in [-0.4, -0.2) is 23.7 Å². The van der Waals surface area contributed by atoms with Gasteiger partial charge in [-0.15, -0.1) is 0 Å². The molecule has 1 aromatic rings. The van der Waals surface area contributed by atoms with E-state index < -0.39 is 0 Å². The van der Waals surface area contributed by atoms with Crippen LogP contribution in [0, 0.1) is 11.7 Å². The number of hydrogen-bond acceptors (Lipinski definition) is 2. The smallest absolute Gasteiger partial charge is 0.220 e. The molecule has 1 aliphatic rings. The maximum atomic E-state index is 13.0. The molecule has 0 aromatic heterocycles. The molecule has 1 amide bonds. The average Bonchev–Trinajstić information content (AvgIpc) is 2.43. The lowest BCUT2D eigenvalue weighted by Crippen LogP contribution is -2.33. The lowest BCUT2D eigenvalue weighted by Gasteiger charge is -2.25. The van der Waals surface area contributed by atoms with Crippen molar-refractivity contribution < 1.29 is 14.3 Å². The molecular weight excluding hydrogens is 257 g/mol. The van der Waals surface area contributed by atoms with E-state index in [1.807, 2.05) is 6.07 Å². The summed E-state index contributed by atoms with van der Waals surface area (Å²) in [7, 11) is 0. The van der Waals surface area contributed by atoms with Gasteiger partial charge in [0.1, 0.15) is 5.82 Å². The van der Waals surface area contributed by atoms with Crippen molar-refractivity contribution in [1.82, 2.24) is 5.32 Å². The van der Waals surface area contributed by atoms with Crippen LogP contribution < -0.4 is 5.32 Å². The van der Waals surface area contributed by atoms with Gasteiger partial charge in [0.2, 0.25) is 5.91 Å². The third-order valence-corrected chi connectivity index (χ3v) is 3.87. The Kier molecular flexibility index (Phi) is 5.53. The van der Waals surface area contributed by atoms with Gasteiger partial charge in [-0.05, 0) is 49.3 Å². The van der Waals surface area contributed by atoms with Gasteiger partial charge < -0.3 is 10.4 Å². The number of amides is 1. The first kappa shape index (κ1) is 15.0. The standard InChI is InChI=1S/C16H22FNO2/c17-14-5-1-3-12(9-14)7-8-16(20)18-11-13-4-2-6-15(19)10-13/h1,3,5,9,13,15,19H,2,4,6-8,10-11H2,(H,18,20). The van der Waals surface area contributed by atoms with Crippen molar-refractivity contribution >= 4 is 5.91 Å². The fourth-order valence-corrected chi connectivity index (χ4v) is 2.74. The molecule has 1 saturated carbocycles. The van der Waals surface area contributed by atoms with E-state index >= 15 is 0 Å². The second-order valence-corrected chi connectivity index (χ2v) is 5.62. The van der Waals surface area contributed by atoms with E-state index in [1.54, 1.807) is 6.07 Å². The Hall–Kier alpha value is -1.42. The van der Waals surface area contributed by atoms with Crippen molar-refractivity contribution in [1.29, 1.82) is 0 Å². The Bertz CT molecular complexity index is 450. The van der Waals surface area contributed by atoms with Crippen molar-refractivity contribution in [2.24, 2.45) is 5.92 Å². The van der Waals surface area contributed by atoms with Gasteiger partial charge in [0, 0.05) is 13.0 Å². The molecule has 0 radical (unpaired) electrons. The lowest BCUT2D eigenvalue weighted by molar-refractivity contribution is -0.121. The van der Waals surface area contributed by atoms with E-state index in [0.717, 1.165) is 31.2 Å². The van der Waals surface area contributed by atoms with E-state index in [0.29, 0.717) is 25.3 Å². The second-order valence-electron chi connectivity index (χ2n) is 5.62. The molecule has 110 valence electrons. The predicted octanol–water partition coefficient (Wildman–Crippen LogP) is 2.43. The highest BCUT2D eigenvalue weighted by Gasteiger charge is 2.20. The zero-order valence-corrected chi connectivity index (χ0v) is 11.6. The van der Waals surface area contributed by atoms with Crippen LogP contribution in [0.1, 0.15) is 37.7 Å². The molecule has 3 nitrogen and oxygen atoms in total. The van der Waals surface area contributed by atoms with E-state index in [9.17, 15) is 14.3 Å². The second kappa shape index (κ2) is 7.39. The van der Waals surface area contributed by atoms with Gasteiger partial charge in [-0.2, -0.15) is 0 Å². The van der Waals surface area contributed by atoms with Crippen LogP contribution in [0.15, 0.2) is 24.3 Å². The Morgan fingerprint density at radius 1 is 1.40 bits per heavy atom. The number of aliphatic hydroxyl groups excluding tert-OH is 1. The number of aliphatic hydroxyl groups is 1. The average molecular weight is 279 g/mol. The van der Waals surface area contributed by atoms with Crippen LogP contribution in [0.25, 0.3) is 0 Å². The maximum Gasteiger partial charge on any atom is 0.220 e. The molecule has 0 bridgehead atoms. The van der Waals surface area contributed by atoms with Crippen molar-refractivity contribution in [2.75, 3.05) is 6.54 Å². The fourth-order valence-electron chi connectivity index (χ4n) is 2.74. The number of rotatable bonds is 5.